The van der Waals surface area contributed by atoms with E-state index in [1.54, 1.807) is 0 Å². The Hall–Kier alpha value is -1.90. The van der Waals surface area contributed by atoms with E-state index in [1.807, 2.05) is 32.0 Å². The Morgan fingerprint density at radius 3 is 2.65 bits per heavy atom. The van der Waals surface area contributed by atoms with Gasteiger partial charge in [-0.1, -0.05) is 23.9 Å². The number of nitrogen functional groups attached to an aromatic ring is 1. The van der Waals surface area contributed by atoms with E-state index < -0.39 is 12.0 Å². The number of nitrogens with two attached hydrogens (primary N) is 1. The normalized spacial score (nSPS) is 11.7. The summed E-state index contributed by atoms with van der Waals surface area (Å²) < 4.78 is 43.7. The lowest BCUT2D eigenvalue weighted by atomic mass is 10.1. The minimum atomic E-state index is -4.60. The molecule has 0 spiro atoms. The SMILES string of the molecule is Cc1ccc(C)c(OCCCSc2nnc(C(F)(F)F)n2N)c1. The molecule has 1 heterocycles. The van der Waals surface area contributed by atoms with E-state index in [4.69, 9.17) is 10.6 Å². The predicted octanol–water partition coefficient (Wildman–Crippen LogP) is 3.19. The van der Waals surface area contributed by atoms with Crippen molar-refractivity contribution in [2.45, 2.75) is 31.6 Å². The zero-order valence-electron chi connectivity index (χ0n) is 12.7. The minimum absolute atomic E-state index is 0.0315. The van der Waals surface area contributed by atoms with Gasteiger partial charge < -0.3 is 10.6 Å². The van der Waals surface area contributed by atoms with Gasteiger partial charge in [-0.15, -0.1) is 10.2 Å². The van der Waals surface area contributed by atoms with Crippen LogP contribution in [0.1, 0.15) is 23.4 Å². The maximum Gasteiger partial charge on any atom is 0.453 e. The molecule has 1 aromatic heterocycles. The summed E-state index contributed by atoms with van der Waals surface area (Å²) in [5.41, 5.74) is 2.15. The number of alkyl halides is 3. The van der Waals surface area contributed by atoms with Gasteiger partial charge in [-0.05, 0) is 37.5 Å². The number of ether oxygens (including phenoxy) is 1. The minimum Gasteiger partial charge on any atom is -0.493 e. The molecule has 9 heteroatoms. The molecule has 0 radical (unpaired) electrons. The Bertz CT molecular complexity index is 673. The van der Waals surface area contributed by atoms with Gasteiger partial charge in [0.25, 0.3) is 5.82 Å². The molecule has 1 aromatic carbocycles. The van der Waals surface area contributed by atoms with Gasteiger partial charge in [-0.25, -0.2) is 4.68 Å². The lowest BCUT2D eigenvalue weighted by Crippen LogP contribution is -2.21. The standard InChI is InChI=1S/C14H17F3N4OS/c1-9-4-5-10(2)11(8-9)22-6-3-7-23-13-20-19-12(21(13)18)14(15,16)17/h4-5,8H,3,6-7,18H2,1-2H3. The van der Waals surface area contributed by atoms with Gasteiger partial charge in [-0.3, -0.25) is 0 Å². The van der Waals surface area contributed by atoms with Crippen LogP contribution in [0, 0.1) is 13.8 Å². The molecule has 2 aromatic rings. The molecule has 23 heavy (non-hydrogen) atoms. The van der Waals surface area contributed by atoms with Gasteiger partial charge in [0.05, 0.1) is 6.61 Å². The van der Waals surface area contributed by atoms with Crippen molar-refractivity contribution in [3.05, 3.63) is 35.2 Å². The van der Waals surface area contributed by atoms with Crippen LogP contribution in [0.4, 0.5) is 13.2 Å². The molecule has 0 saturated carbocycles. The van der Waals surface area contributed by atoms with Gasteiger partial charge in [-0.2, -0.15) is 13.2 Å². The topological polar surface area (TPSA) is 66.0 Å². The molecule has 0 fully saturated rings. The molecule has 0 aliphatic carbocycles. The van der Waals surface area contributed by atoms with Crippen LogP contribution in [-0.4, -0.2) is 27.2 Å². The summed E-state index contributed by atoms with van der Waals surface area (Å²) in [6, 6.07) is 5.94. The maximum atomic E-state index is 12.5. The molecular formula is C14H17F3N4OS. The van der Waals surface area contributed by atoms with E-state index >= 15 is 0 Å². The van der Waals surface area contributed by atoms with Crippen molar-refractivity contribution >= 4 is 11.8 Å². The van der Waals surface area contributed by atoms with Gasteiger partial charge >= 0.3 is 6.18 Å². The smallest absolute Gasteiger partial charge is 0.453 e. The number of rotatable bonds is 6. The molecule has 0 atom stereocenters. The summed E-state index contributed by atoms with van der Waals surface area (Å²) >= 11 is 1.11. The Labute approximate surface area is 136 Å². The van der Waals surface area contributed by atoms with Crippen molar-refractivity contribution in [1.82, 2.24) is 14.9 Å². The summed E-state index contributed by atoms with van der Waals surface area (Å²) in [6.45, 7) is 4.40. The first-order valence-electron chi connectivity index (χ1n) is 6.89. The number of aromatic nitrogens is 3. The number of halogens is 3. The fourth-order valence-electron chi connectivity index (χ4n) is 1.84. The molecular weight excluding hydrogens is 329 g/mol. The summed E-state index contributed by atoms with van der Waals surface area (Å²) in [5.74, 6) is 5.49. The van der Waals surface area contributed by atoms with Crippen LogP contribution >= 0.6 is 11.8 Å². The predicted molar refractivity (Wildman–Crippen MR) is 81.9 cm³/mol. The summed E-state index contributed by atoms with van der Waals surface area (Å²) in [7, 11) is 0. The van der Waals surface area contributed by atoms with E-state index in [-0.39, 0.29) is 5.16 Å². The number of hydrogen-bond donors (Lipinski definition) is 1. The van der Waals surface area contributed by atoms with Gasteiger partial charge in [0, 0.05) is 5.75 Å². The second kappa shape index (κ2) is 7.12. The Morgan fingerprint density at radius 1 is 1.26 bits per heavy atom. The monoisotopic (exact) mass is 346 g/mol. The summed E-state index contributed by atoms with van der Waals surface area (Å²) in [6.07, 6.45) is -3.96. The molecule has 2 rings (SSSR count). The highest BCUT2D eigenvalue weighted by Crippen LogP contribution is 2.29. The number of benzene rings is 1. The van der Waals surface area contributed by atoms with Crippen molar-refractivity contribution in [3.63, 3.8) is 0 Å². The average molecular weight is 346 g/mol. The molecule has 2 N–H and O–H groups in total. The van der Waals surface area contributed by atoms with E-state index in [2.05, 4.69) is 10.2 Å². The molecule has 126 valence electrons. The Kier molecular flexibility index (Phi) is 5.40. The van der Waals surface area contributed by atoms with Crippen LogP contribution in [0.3, 0.4) is 0 Å². The van der Waals surface area contributed by atoms with Crippen molar-refractivity contribution in [3.8, 4) is 5.75 Å². The average Bonchev–Trinajstić information content (AvgIpc) is 2.83. The second-order valence-electron chi connectivity index (χ2n) is 4.99. The zero-order chi connectivity index (χ0) is 17.0. The number of aryl methyl sites for hydroxylation is 2. The van der Waals surface area contributed by atoms with Crippen molar-refractivity contribution in [1.29, 1.82) is 0 Å². The van der Waals surface area contributed by atoms with Crippen LogP contribution in [0.25, 0.3) is 0 Å². The van der Waals surface area contributed by atoms with Crippen LogP contribution < -0.4 is 10.6 Å². The highest BCUT2D eigenvalue weighted by molar-refractivity contribution is 7.99. The maximum absolute atomic E-state index is 12.5. The highest BCUT2D eigenvalue weighted by Gasteiger charge is 2.38. The summed E-state index contributed by atoms with van der Waals surface area (Å²) in [4.78, 5) is 0. The molecule has 0 bridgehead atoms. The second-order valence-corrected chi connectivity index (χ2v) is 6.06. The third-order valence-electron chi connectivity index (χ3n) is 3.04. The fourth-order valence-corrected chi connectivity index (χ4v) is 2.60. The largest absolute Gasteiger partial charge is 0.493 e. The number of thioether (sulfide) groups is 1. The van der Waals surface area contributed by atoms with Crippen molar-refractivity contribution in [2.24, 2.45) is 0 Å². The third kappa shape index (κ3) is 4.54. The van der Waals surface area contributed by atoms with E-state index in [0.29, 0.717) is 23.5 Å². The molecule has 0 aliphatic rings. The number of hydrogen-bond acceptors (Lipinski definition) is 5. The van der Waals surface area contributed by atoms with Crippen LogP contribution in [-0.2, 0) is 6.18 Å². The highest BCUT2D eigenvalue weighted by atomic mass is 32.2. The molecule has 0 aliphatic heterocycles. The lowest BCUT2D eigenvalue weighted by Gasteiger charge is -2.09. The van der Waals surface area contributed by atoms with Crippen LogP contribution in [0.15, 0.2) is 23.4 Å². The summed E-state index contributed by atoms with van der Waals surface area (Å²) in [5, 5.41) is 6.55. The van der Waals surface area contributed by atoms with Crippen LogP contribution in [0.5, 0.6) is 5.75 Å². The van der Waals surface area contributed by atoms with Crippen molar-refractivity contribution < 1.29 is 17.9 Å². The third-order valence-corrected chi connectivity index (χ3v) is 4.07. The first-order chi connectivity index (χ1) is 10.8. The molecule has 0 unspecified atom stereocenters. The van der Waals surface area contributed by atoms with E-state index in [9.17, 15) is 13.2 Å². The molecule has 5 nitrogen and oxygen atoms in total. The fraction of sp³-hybridized carbons (Fsp3) is 0.429. The van der Waals surface area contributed by atoms with Gasteiger partial charge in [0.15, 0.2) is 0 Å². The van der Waals surface area contributed by atoms with Crippen LogP contribution in [0.2, 0.25) is 0 Å². The first kappa shape index (κ1) is 17.5. The quantitative estimate of drug-likeness (QED) is 0.494. The molecule has 0 saturated heterocycles. The van der Waals surface area contributed by atoms with E-state index in [1.165, 1.54) is 0 Å². The molecule has 0 amide bonds. The number of nitrogens with zero attached hydrogens (tertiary/aromatic N) is 3. The van der Waals surface area contributed by atoms with Crippen molar-refractivity contribution in [2.75, 3.05) is 18.2 Å². The lowest BCUT2D eigenvalue weighted by molar-refractivity contribution is -0.146. The first-order valence-corrected chi connectivity index (χ1v) is 7.88. The van der Waals surface area contributed by atoms with Gasteiger partial charge in [0.2, 0.25) is 5.16 Å². The van der Waals surface area contributed by atoms with Gasteiger partial charge in [0.1, 0.15) is 5.75 Å². The zero-order valence-corrected chi connectivity index (χ0v) is 13.5. The Balaban J connectivity index is 1.80. The van der Waals surface area contributed by atoms with E-state index in [0.717, 1.165) is 28.6 Å². The Morgan fingerprint density at radius 2 is 2.00 bits per heavy atom.